The number of hydrogen-bond acceptors (Lipinski definition) is 3. The molecular formula is C11H9BrClN3. The molecule has 0 amide bonds. The van der Waals surface area contributed by atoms with Gasteiger partial charge in [0, 0.05) is 22.6 Å². The number of halogens is 2. The third-order valence-electron chi connectivity index (χ3n) is 2.10. The summed E-state index contributed by atoms with van der Waals surface area (Å²) in [6.45, 7) is 2.01. The molecule has 0 spiro atoms. The van der Waals surface area contributed by atoms with Crippen molar-refractivity contribution in [2.75, 3.05) is 5.32 Å². The van der Waals surface area contributed by atoms with Crippen molar-refractivity contribution < 1.29 is 0 Å². The summed E-state index contributed by atoms with van der Waals surface area (Å²) in [7, 11) is 0. The molecule has 0 bridgehead atoms. The molecule has 1 N–H and O–H groups in total. The molecule has 0 atom stereocenters. The highest BCUT2D eigenvalue weighted by atomic mass is 79.9. The molecule has 0 fully saturated rings. The van der Waals surface area contributed by atoms with Gasteiger partial charge in [-0.1, -0.05) is 27.5 Å². The van der Waals surface area contributed by atoms with Crippen molar-refractivity contribution in [1.29, 1.82) is 0 Å². The van der Waals surface area contributed by atoms with Gasteiger partial charge in [-0.2, -0.15) is 0 Å². The molecule has 16 heavy (non-hydrogen) atoms. The van der Waals surface area contributed by atoms with E-state index >= 15 is 0 Å². The second-order valence-corrected chi connectivity index (χ2v) is 4.55. The number of aromatic nitrogens is 2. The Morgan fingerprint density at radius 2 is 2.00 bits per heavy atom. The zero-order valence-electron chi connectivity index (χ0n) is 8.54. The molecule has 1 aromatic heterocycles. The first kappa shape index (κ1) is 11.4. The average Bonchev–Trinajstić information content (AvgIpc) is 2.25. The van der Waals surface area contributed by atoms with Gasteiger partial charge in [-0.25, -0.2) is 9.97 Å². The van der Waals surface area contributed by atoms with Crippen molar-refractivity contribution in [1.82, 2.24) is 9.97 Å². The maximum Gasteiger partial charge on any atom is 0.171 e. The van der Waals surface area contributed by atoms with E-state index < -0.39 is 0 Å². The van der Waals surface area contributed by atoms with Gasteiger partial charge in [-0.05, 0) is 30.7 Å². The summed E-state index contributed by atoms with van der Waals surface area (Å²) in [4.78, 5) is 8.07. The Balaban J connectivity index is 2.31. The number of rotatable bonds is 2. The van der Waals surface area contributed by atoms with Crippen LogP contribution in [-0.4, -0.2) is 9.97 Å². The monoisotopic (exact) mass is 297 g/mol. The van der Waals surface area contributed by atoms with Gasteiger partial charge in [0.1, 0.15) is 0 Å². The number of nitrogens with one attached hydrogen (secondary N) is 1. The SMILES string of the molecule is Cc1cc(Br)ccc1Nc1nccnc1Cl. The standard InChI is InChI=1S/C11H9BrClN3/c1-7-6-8(12)2-3-9(7)16-11-10(13)14-4-5-15-11/h2-6H,1H3,(H,15,16). The quantitative estimate of drug-likeness (QED) is 0.912. The summed E-state index contributed by atoms with van der Waals surface area (Å²) in [5.74, 6) is 0.564. The molecule has 5 heteroatoms. The fourth-order valence-electron chi connectivity index (χ4n) is 1.30. The predicted octanol–water partition coefficient (Wildman–Crippen LogP) is 3.94. The molecule has 3 nitrogen and oxygen atoms in total. The lowest BCUT2D eigenvalue weighted by molar-refractivity contribution is 1.19. The molecule has 0 saturated heterocycles. The maximum atomic E-state index is 5.91. The molecule has 0 aliphatic heterocycles. The van der Waals surface area contributed by atoms with E-state index in [9.17, 15) is 0 Å². The first-order valence-corrected chi connectivity index (χ1v) is 5.83. The number of aryl methyl sites for hydroxylation is 1. The third kappa shape index (κ3) is 2.51. The molecule has 0 aliphatic carbocycles. The van der Waals surface area contributed by atoms with E-state index in [4.69, 9.17) is 11.6 Å². The zero-order valence-corrected chi connectivity index (χ0v) is 10.9. The number of anilines is 2. The molecular weight excluding hydrogens is 289 g/mol. The van der Waals surface area contributed by atoms with E-state index in [-0.39, 0.29) is 0 Å². The van der Waals surface area contributed by atoms with Crippen molar-refractivity contribution in [3.63, 3.8) is 0 Å². The van der Waals surface area contributed by atoms with Crippen LogP contribution in [0, 0.1) is 6.92 Å². The third-order valence-corrected chi connectivity index (χ3v) is 2.86. The molecule has 0 aliphatic rings. The summed E-state index contributed by atoms with van der Waals surface area (Å²) in [5.41, 5.74) is 2.07. The topological polar surface area (TPSA) is 37.8 Å². The van der Waals surface area contributed by atoms with Crippen LogP contribution in [0.3, 0.4) is 0 Å². The largest absolute Gasteiger partial charge is 0.337 e. The molecule has 1 aromatic carbocycles. The number of hydrogen-bond donors (Lipinski definition) is 1. The van der Waals surface area contributed by atoms with Crippen molar-refractivity contribution in [2.45, 2.75) is 6.92 Å². The highest BCUT2D eigenvalue weighted by Crippen LogP contribution is 2.25. The van der Waals surface area contributed by atoms with E-state index in [1.54, 1.807) is 12.4 Å². The van der Waals surface area contributed by atoms with Crippen LogP contribution in [0.25, 0.3) is 0 Å². The van der Waals surface area contributed by atoms with E-state index in [1.807, 2.05) is 25.1 Å². The Morgan fingerprint density at radius 3 is 2.69 bits per heavy atom. The lowest BCUT2D eigenvalue weighted by Gasteiger charge is -2.09. The Kier molecular flexibility index (Phi) is 3.41. The predicted molar refractivity (Wildman–Crippen MR) is 69.2 cm³/mol. The smallest absolute Gasteiger partial charge is 0.171 e. The van der Waals surface area contributed by atoms with E-state index in [1.165, 1.54) is 0 Å². The molecule has 0 radical (unpaired) electrons. The normalized spacial score (nSPS) is 10.2. The highest BCUT2D eigenvalue weighted by Gasteiger charge is 2.04. The van der Waals surface area contributed by atoms with Crippen molar-refractivity contribution >= 4 is 39.0 Å². The lowest BCUT2D eigenvalue weighted by atomic mass is 10.2. The molecule has 0 unspecified atom stereocenters. The van der Waals surface area contributed by atoms with Gasteiger partial charge in [0.05, 0.1) is 0 Å². The van der Waals surface area contributed by atoms with Crippen LogP contribution < -0.4 is 5.32 Å². The summed E-state index contributed by atoms with van der Waals surface area (Å²) in [6, 6.07) is 5.94. The number of benzene rings is 1. The minimum atomic E-state index is 0.366. The lowest BCUT2D eigenvalue weighted by Crippen LogP contribution is -1.97. The van der Waals surface area contributed by atoms with Gasteiger partial charge in [0.15, 0.2) is 11.0 Å². The molecule has 0 saturated carbocycles. The summed E-state index contributed by atoms with van der Waals surface area (Å²) < 4.78 is 1.04. The molecule has 82 valence electrons. The Morgan fingerprint density at radius 1 is 1.25 bits per heavy atom. The van der Waals surface area contributed by atoms with Crippen LogP contribution in [-0.2, 0) is 0 Å². The van der Waals surface area contributed by atoms with Crippen LogP contribution in [0.15, 0.2) is 35.1 Å². The van der Waals surface area contributed by atoms with E-state index in [0.29, 0.717) is 11.0 Å². The van der Waals surface area contributed by atoms with Crippen LogP contribution in [0.1, 0.15) is 5.56 Å². The van der Waals surface area contributed by atoms with E-state index in [0.717, 1.165) is 15.7 Å². The van der Waals surface area contributed by atoms with Gasteiger partial charge >= 0.3 is 0 Å². The maximum absolute atomic E-state index is 5.91. The average molecular weight is 299 g/mol. The zero-order chi connectivity index (χ0) is 11.5. The van der Waals surface area contributed by atoms with Gasteiger partial charge in [-0.15, -0.1) is 0 Å². The van der Waals surface area contributed by atoms with Crippen LogP contribution in [0.4, 0.5) is 11.5 Å². The van der Waals surface area contributed by atoms with Crippen molar-refractivity contribution in [2.24, 2.45) is 0 Å². The fraction of sp³-hybridized carbons (Fsp3) is 0.0909. The Labute approximate surface area is 107 Å². The van der Waals surface area contributed by atoms with Crippen LogP contribution >= 0.6 is 27.5 Å². The number of nitrogens with zero attached hydrogens (tertiary/aromatic N) is 2. The Hall–Kier alpha value is -1.13. The van der Waals surface area contributed by atoms with Crippen molar-refractivity contribution in [3.8, 4) is 0 Å². The second-order valence-electron chi connectivity index (χ2n) is 3.28. The summed E-state index contributed by atoms with van der Waals surface area (Å²) in [5, 5.41) is 3.51. The minimum Gasteiger partial charge on any atom is -0.337 e. The fourth-order valence-corrected chi connectivity index (χ4v) is 1.93. The van der Waals surface area contributed by atoms with Gasteiger partial charge in [0.2, 0.25) is 0 Å². The molecule has 1 heterocycles. The first-order chi connectivity index (χ1) is 7.66. The molecule has 2 rings (SSSR count). The van der Waals surface area contributed by atoms with Crippen molar-refractivity contribution in [3.05, 3.63) is 45.8 Å². The Bertz CT molecular complexity index is 516. The summed E-state index contributed by atoms with van der Waals surface area (Å²) >= 11 is 9.33. The van der Waals surface area contributed by atoms with Gasteiger partial charge in [0.25, 0.3) is 0 Å². The second kappa shape index (κ2) is 4.80. The highest BCUT2D eigenvalue weighted by molar-refractivity contribution is 9.10. The van der Waals surface area contributed by atoms with Crippen LogP contribution in [0.5, 0.6) is 0 Å². The van der Waals surface area contributed by atoms with E-state index in [2.05, 4.69) is 31.2 Å². The summed E-state index contributed by atoms with van der Waals surface area (Å²) in [6.07, 6.45) is 3.16. The van der Waals surface area contributed by atoms with Gasteiger partial charge in [-0.3, -0.25) is 0 Å². The first-order valence-electron chi connectivity index (χ1n) is 4.66. The molecule has 2 aromatic rings. The van der Waals surface area contributed by atoms with Crippen LogP contribution in [0.2, 0.25) is 5.15 Å². The minimum absolute atomic E-state index is 0.366. The van der Waals surface area contributed by atoms with Gasteiger partial charge < -0.3 is 5.32 Å².